The number of aliphatic carboxylic acids is 1. The van der Waals surface area contributed by atoms with Crippen molar-refractivity contribution in [2.75, 3.05) is 0 Å². The molecule has 0 saturated carbocycles. The Morgan fingerprint density at radius 1 is 1.67 bits per heavy atom. The summed E-state index contributed by atoms with van der Waals surface area (Å²) in [6.07, 6.45) is 1.65. The lowest BCUT2D eigenvalue weighted by molar-refractivity contribution is -0.142. The van der Waals surface area contributed by atoms with E-state index in [1.807, 2.05) is 6.92 Å². The van der Waals surface area contributed by atoms with E-state index < -0.39 is 5.97 Å². The van der Waals surface area contributed by atoms with Crippen molar-refractivity contribution in [3.63, 3.8) is 0 Å². The summed E-state index contributed by atoms with van der Waals surface area (Å²) in [6, 6.07) is 0. The van der Waals surface area contributed by atoms with Gasteiger partial charge in [-0.2, -0.15) is 0 Å². The maximum Gasteiger partial charge on any atom is 0.306 e. The van der Waals surface area contributed by atoms with Gasteiger partial charge in [-0.25, -0.2) is 0 Å². The highest BCUT2D eigenvalue weighted by Gasteiger charge is 2.15. The molecule has 0 aliphatic rings. The van der Waals surface area contributed by atoms with Gasteiger partial charge in [-0.1, -0.05) is 19.9 Å². The topological polar surface area (TPSA) is 37.3 Å². The first-order valence-corrected chi connectivity index (χ1v) is 2.95. The second-order valence-electron chi connectivity index (χ2n) is 2.22. The third kappa shape index (κ3) is 2.31. The van der Waals surface area contributed by atoms with Gasteiger partial charge in [-0.15, -0.1) is 6.58 Å². The standard InChI is InChI=1S/C7H12O2/c1-4-5(2)6(3)7(8)9/h4-6H,1H2,2-3H3,(H,8,9). The first-order valence-electron chi connectivity index (χ1n) is 2.95. The third-order valence-electron chi connectivity index (χ3n) is 1.55. The molecule has 0 radical (unpaired) electrons. The van der Waals surface area contributed by atoms with Gasteiger partial charge < -0.3 is 5.11 Å². The van der Waals surface area contributed by atoms with Gasteiger partial charge in [0.2, 0.25) is 0 Å². The van der Waals surface area contributed by atoms with E-state index in [2.05, 4.69) is 6.58 Å². The Morgan fingerprint density at radius 3 is 2.22 bits per heavy atom. The van der Waals surface area contributed by atoms with Gasteiger partial charge >= 0.3 is 5.97 Å². The normalized spacial score (nSPS) is 16.2. The van der Waals surface area contributed by atoms with Gasteiger partial charge in [-0.3, -0.25) is 4.79 Å². The molecule has 0 spiro atoms. The molecule has 0 aliphatic heterocycles. The minimum absolute atomic E-state index is 0.0579. The second-order valence-corrected chi connectivity index (χ2v) is 2.22. The van der Waals surface area contributed by atoms with Crippen LogP contribution in [0.1, 0.15) is 13.8 Å². The van der Waals surface area contributed by atoms with Crippen molar-refractivity contribution in [2.45, 2.75) is 13.8 Å². The van der Waals surface area contributed by atoms with Gasteiger partial charge in [0, 0.05) is 0 Å². The Balaban J connectivity index is 3.86. The molecule has 0 aromatic rings. The van der Waals surface area contributed by atoms with Crippen molar-refractivity contribution >= 4 is 5.97 Å². The number of carboxylic acid groups (broad SMARTS) is 1. The van der Waals surface area contributed by atoms with Crippen LogP contribution in [0, 0.1) is 11.8 Å². The fourth-order valence-corrected chi connectivity index (χ4v) is 0.429. The fourth-order valence-electron chi connectivity index (χ4n) is 0.429. The molecule has 2 atom stereocenters. The molecule has 2 unspecified atom stereocenters. The molecule has 0 saturated heterocycles. The van der Waals surface area contributed by atoms with E-state index in [9.17, 15) is 4.79 Å². The van der Waals surface area contributed by atoms with Crippen molar-refractivity contribution in [3.8, 4) is 0 Å². The van der Waals surface area contributed by atoms with Crippen LogP contribution < -0.4 is 0 Å². The second kappa shape index (κ2) is 3.28. The van der Waals surface area contributed by atoms with Crippen molar-refractivity contribution in [1.82, 2.24) is 0 Å². The zero-order chi connectivity index (χ0) is 7.44. The zero-order valence-electron chi connectivity index (χ0n) is 5.79. The molecule has 1 N–H and O–H groups in total. The molecule has 0 amide bonds. The molecule has 0 fully saturated rings. The number of hydrogen-bond donors (Lipinski definition) is 1. The SMILES string of the molecule is C=CC(C)C(C)C(=O)O. The van der Waals surface area contributed by atoms with Crippen LogP contribution in [0.3, 0.4) is 0 Å². The Kier molecular flexibility index (Phi) is 2.99. The van der Waals surface area contributed by atoms with E-state index in [0.717, 1.165) is 0 Å². The van der Waals surface area contributed by atoms with Crippen molar-refractivity contribution in [2.24, 2.45) is 11.8 Å². The van der Waals surface area contributed by atoms with Gasteiger partial charge in [-0.05, 0) is 5.92 Å². The molecular weight excluding hydrogens is 116 g/mol. The lowest BCUT2D eigenvalue weighted by atomic mass is 9.97. The quantitative estimate of drug-likeness (QED) is 0.585. The molecule has 2 heteroatoms. The summed E-state index contributed by atoms with van der Waals surface area (Å²) in [4.78, 5) is 10.3. The van der Waals surface area contributed by atoms with E-state index in [-0.39, 0.29) is 11.8 Å². The van der Waals surface area contributed by atoms with E-state index in [4.69, 9.17) is 5.11 Å². The van der Waals surface area contributed by atoms with Crippen LogP contribution in [0.4, 0.5) is 0 Å². The van der Waals surface area contributed by atoms with Gasteiger partial charge in [0.05, 0.1) is 5.92 Å². The smallest absolute Gasteiger partial charge is 0.306 e. The molecule has 0 aromatic carbocycles. The average molecular weight is 128 g/mol. The summed E-state index contributed by atoms with van der Waals surface area (Å²) >= 11 is 0. The van der Waals surface area contributed by atoms with Gasteiger partial charge in [0.1, 0.15) is 0 Å². The van der Waals surface area contributed by atoms with Crippen LogP contribution in [-0.2, 0) is 4.79 Å². The Labute approximate surface area is 55.2 Å². The van der Waals surface area contributed by atoms with Gasteiger partial charge in [0.15, 0.2) is 0 Å². The lowest BCUT2D eigenvalue weighted by Crippen LogP contribution is -2.15. The maximum absolute atomic E-state index is 10.3. The predicted octanol–water partition coefficient (Wildman–Crippen LogP) is 1.53. The molecular formula is C7H12O2. The number of rotatable bonds is 3. The van der Waals surface area contributed by atoms with Crippen LogP contribution in [0.15, 0.2) is 12.7 Å². The van der Waals surface area contributed by atoms with Crippen molar-refractivity contribution in [3.05, 3.63) is 12.7 Å². The Morgan fingerprint density at radius 2 is 2.11 bits per heavy atom. The van der Waals surface area contributed by atoms with E-state index >= 15 is 0 Å². The van der Waals surface area contributed by atoms with E-state index in [0.29, 0.717) is 0 Å². The van der Waals surface area contributed by atoms with Crippen LogP contribution in [0.25, 0.3) is 0 Å². The lowest BCUT2D eigenvalue weighted by Gasteiger charge is -2.09. The minimum atomic E-state index is -0.762. The first kappa shape index (κ1) is 8.21. The van der Waals surface area contributed by atoms with Crippen molar-refractivity contribution in [1.29, 1.82) is 0 Å². The minimum Gasteiger partial charge on any atom is -0.481 e. The molecule has 9 heavy (non-hydrogen) atoms. The Bertz CT molecular complexity index is 118. The predicted molar refractivity (Wildman–Crippen MR) is 36.2 cm³/mol. The maximum atomic E-state index is 10.3. The molecule has 0 aliphatic carbocycles. The highest BCUT2D eigenvalue weighted by atomic mass is 16.4. The molecule has 0 aromatic heterocycles. The third-order valence-corrected chi connectivity index (χ3v) is 1.55. The van der Waals surface area contributed by atoms with E-state index in [1.54, 1.807) is 13.0 Å². The summed E-state index contributed by atoms with van der Waals surface area (Å²) in [7, 11) is 0. The number of carbonyl (C=O) groups is 1. The molecule has 52 valence electrons. The summed E-state index contributed by atoms with van der Waals surface area (Å²) < 4.78 is 0. The first-order chi connectivity index (χ1) is 4.09. The largest absolute Gasteiger partial charge is 0.481 e. The summed E-state index contributed by atoms with van der Waals surface area (Å²) in [6.45, 7) is 7.02. The van der Waals surface area contributed by atoms with Crippen LogP contribution in [-0.4, -0.2) is 11.1 Å². The summed E-state index contributed by atoms with van der Waals surface area (Å²) in [5.41, 5.74) is 0. The van der Waals surface area contributed by atoms with E-state index in [1.165, 1.54) is 0 Å². The van der Waals surface area contributed by atoms with Gasteiger partial charge in [0.25, 0.3) is 0 Å². The van der Waals surface area contributed by atoms with Crippen LogP contribution >= 0.6 is 0 Å². The number of hydrogen-bond acceptors (Lipinski definition) is 1. The fraction of sp³-hybridized carbons (Fsp3) is 0.571. The number of allylic oxidation sites excluding steroid dienone is 1. The zero-order valence-corrected chi connectivity index (χ0v) is 5.79. The summed E-state index contributed by atoms with van der Waals surface area (Å²) in [5, 5.41) is 8.44. The highest BCUT2D eigenvalue weighted by Crippen LogP contribution is 2.10. The average Bonchev–Trinajstić information content (AvgIpc) is 1.84. The van der Waals surface area contributed by atoms with Crippen LogP contribution in [0.5, 0.6) is 0 Å². The molecule has 2 nitrogen and oxygen atoms in total. The Hall–Kier alpha value is -0.790. The number of carboxylic acids is 1. The molecule has 0 heterocycles. The summed E-state index contributed by atoms with van der Waals surface area (Å²) in [5.74, 6) is -1.02. The molecule has 0 bridgehead atoms. The van der Waals surface area contributed by atoms with Crippen molar-refractivity contribution < 1.29 is 9.90 Å². The monoisotopic (exact) mass is 128 g/mol. The molecule has 0 rings (SSSR count). The highest BCUT2D eigenvalue weighted by molar-refractivity contribution is 5.70. The van der Waals surface area contributed by atoms with Crippen LogP contribution in [0.2, 0.25) is 0 Å².